The molecule has 4 unspecified atom stereocenters. The first-order chi connectivity index (χ1) is 9.17. The van der Waals surface area contributed by atoms with Crippen LogP contribution in [0.3, 0.4) is 0 Å². The molecular weight excluding hydrogens is 452 g/mol. The monoisotopic (exact) mass is 466 g/mol. The Kier molecular flexibility index (Phi) is 4.59. The number of hydrogen-bond acceptors (Lipinski definition) is 2. The van der Waals surface area contributed by atoms with Crippen LogP contribution in [0, 0.1) is 5.41 Å². The molecule has 20 heavy (non-hydrogen) atoms. The van der Waals surface area contributed by atoms with Crippen molar-refractivity contribution >= 4 is 47.8 Å². The third-order valence-corrected chi connectivity index (χ3v) is 8.45. The average Bonchev–Trinajstić information content (AvgIpc) is 2.39. The standard InChI is InChI=1S/C15H17Br3O2/c1-13(2,14(17)8-4-3-7-11(14)19)15(18)9-5-6-10(16)12(15)20/h3-9,11-12,19-20H,1-2H3. The van der Waals surface area contributed by atoms with Gasteiger partial charge in [0, 0.05) is 9.90 Å². The van der Waals surface area contributed by atoms with Gasteiger partial charge >= 0.3 is 0 Å². The summed E-state index contributed by atoms with van der Waals surface area (Å²) in [5, 5.41) is 21.0. The van der Waals surface area contributed by atoms with Crippen molar-refractivity contribution in [1.29, 1.82) is 0 Å². The summed E-state index contributed by atoms with van der Waals surface area (Å²) >= 11 is 10.8. The van der Waals surface area contributed by atoms with Gasteiger partial charge in [0.1, 0.15) is 6.10 Å². The van der Waals surface area contributed by atoms with Gasteiger partial charge in [0.15, 0.2) is 0 Å². The highest BCUT2D eigenvalue weighted by Gasteiger charge is 2.59. The lowest BCUT2D eigenvalue weighted by Gasteiger charge is -2.54. The van der Waals surface area contributed by atoms with E-state index in [4.69, 9.17) is 0 Å². The van der Waals surface area contributed by atoms with Gasteiger partial charge in [0.25, 0.3) is 0 Å². The molecule has 4 atom stereocenters. The minimum atomic E-state index is -0.733. The maximum absolute atomic E-state index is 10.6. The normalized spacial score (nSPS) is 40.9. The van der Waals surface area contributed by atoms with Crippen LogP contribution in [0.15, 0.2) is 47.0 Å². The molecular formula is C15H17Br3O2. The number of hydrogen-bond donors (Lipinski definition) is 2. The van der Waals surface area contributed by atoms with E-state index in [0.717, 1.165) is 0 Å². The summed E-state index contributed by atoms with van der Waals surface area (Å²) < 4.78 is -0.687. The quantitative estimate of drug-likeness (QED) is 0.602. The Balaban J connectivity index is 2.50. The van der Waals surface area contributed by atoms with Crippen molar-refractivity contribution < 1.29 is 10.2 Å². The topological polar surface area (TPSA) is 40.5 Å². The molecule has 0 aromatic carbocycles. The van der Waals surface area contributed by atoms with E-state index in [1.165, 1.54) is 0 Å². The van der Waals surface area contributed by atoms with E-state index in [0.29, 0.717) is 4.48 Å². The molecule has 0 radical (unpaired) electrons. The van der Waals surface area contributed by atoms with E-state index < -0.39 is 26.3 Å². The van der Waals surface area contributed by atoms with Gasteiger partial charge < -0.3 is 10.2 Å². The van der Waals surface area contributed by atoms with Crippen molar-refractivity contribution in [3.63, 3.8) is 0 Å². The Bertz CT molecular complexity index is 521. The number of alkyl halides is 2. The van der Waals surface area contributed by atoms with Crippen LogP contribution in [-0.4, -0.2) is 31.1 Å². The van der Waals surface area contributed by atoms with Crippen LogP contribution >= 0.6 is 47.8 Å². The van der Waals surface area contributed by atoms with E-state index >= 15 is 0 Å². The van der Waals surface area contributed by atoms with Gasteiger partial charge in [-0.25, -0.2) is 0 Å². The first kappa shape index (κ1) is 16.7. The second-order valence-electron chi connectivity index (χ2n) is 5.66. The molecule has 2 nitrogen and oxygen atoms in total. The minimum absolute atomic E-state index is 0.524. The molecule has 0 heterocycles. The molecule has 5 heteroatoms. The zero-order chi connectivity index (χ0) is 15.2. The van der Waals surface area contributed by atoms with Crippen molar-refractivity contribution in [1.82, 2.24) is 0 Å². The van der Waals surface area contributed by atoms with E-state index in [1.807, 2.05) is 50.3 Å². The zero-order valence-electron chi connectivity index (χ0n) is 11.2. The fraction of sp³-hybridized carbons (Fsp3) is 0.467. The molecule has 0 bridgehead atoms. The Hall–Kier alpha value is 0.320. The van der Waals surface area contributed by atoms with Gasteiger partial charge in [-0.2, -0.15) is 0 Å². The van der Waals surface area contributed by atoms with Gasteiger partial charge in [-0.05, 0) is 6.08 Å². The molecule has 0 spiro atoms. The summed E-state index contributed by atoms with van der Waals surface area (Å²) in [7, 11) is 0. The van der Waals surface area contributed by atoms with Gasteiger partial charge in [0.2, 0.25) is 0 Å². The van der Waals surface area contributed by atoms with Crippen molar-refractivity contribution in [3.05, 3.63) is 47.0 Å². The molecule has 0 saturated carbocycles. The molecule has 2 aliphatic rings. The van der Waals surface area contributed by atoms with Gasteiger partial charge in [-0.3, -0.25) is 0 Å². The Morgan fingerprint density at radius 3 is 2.25 bits per heavy atom. The Morgan fingerprint density at radius 2 is 1.65 bits per heavy atom. The molecule has 0 fully saturated rings. The van der Waals surface area contributed by atoms with Gasteiger partial charge in [-0.15, -0.1) is 0 Å². The summed E-state index contributed by atoms with van der Waals surface area (Å²) in [6, 6.07) is 0. The van der Waals surface area contributed by atoms with E-state index in [-0.39, 0.29) is 0 Å². The maximum atomic E-state index is 10.6. The summed E-state index contributed by atoms with van der Waals surface area (Å²) in [6.45, 7) is 4.03. The van der Waals surface area contributed by atoms with Crippen LogP contribution in [0.1, 0.15) is 13.8 Å². The second kappa shape index (κ2) is 5.51. The van der Waals surface area contributed by atoms with Crippen LogP contribution in [0.25, 0.3) is 0 Å². The van der Waals surface area contributed by atoms with Crippen LogP contribution in [0.2, 0.25) is 0 Å². The SMILES string of the molecule is CC(C)(C1(Br)C=CC=CC1O)C1(Br)C=CC=C(Br)C1O. The van der Waals surface area contributed by atoms with E-state index in [2.05, 4.69) is 47.8 Å². The van der Waals surface area contributed by atoms with Crippen molar-refractivity contribution in [2.24, 2.45) is 5.41 Å². The smallest absolute Gasteiger partial charge is 0.105 e. The van der Waals surface area contributed by atoms with Crippen LogP contribution in [-0.2, 0) is 0 Å². The third-order valence-electron chi connectivity index (χ3n) is 4.34. The maximum Gasteiger partial charge on any atom is 0.105 e. The molecule has 2 aliphatic carbocycles. The summed E-state index contributed by atoms with van der Waals surface area (Å²) in [5.41, 5.74) is -0.524. The summed E-state index contributed by atoms with van der Waals surface area (Å²) in [5.74, 6) is 0. The Morgan fingerprint density at radius 1 is 1.05 bits per heavy atom. The molecule has 110 valence electrons. The summed E-state index contributed by atoms with van der Waals surface area (Å²) in [6.07, 6.45) is 11.7. The molecule has 0 aliphatic heterocycles. The number of allylic oxidation sites excluding steroid dienone is 4. The largest absolute Gasteiger partial charge is 0.387 e. The van der Waals surface area contributed by atoms with Crippen molar-refractivity contribution in [2.45, 2.75) is 34.7 Å². The zero-order valence-corrected chi connectivity index (χ0v) is 16.0. The molecule has 0 aromatic rings. The number of halogens is 3. The van der Waals surface area contributed by atoms with Crippen molar-refractivity contribution in [2.75, 3.05) is 0 Å². The van der Waals surface area contributed by atoms with E-state index in [1.54, 1.807) is 6.08 Å². The highest BCUT2D eigenvalue weighted by molar-refractivity contribution is 9.12. The minimum Gasteiger partial charge on any atom is -0.387 e. The fourth-order valence-corrected chi connectivity index (χ4v) is 5.14. The van der Waals surface area contributed by atoms with Crippen LogP contribution in [0.4, 0.5) is 0 Å². The van der Waals surface area contributed by atoms with Crippen LogP contribution < -0.4 is 0 Å². The lowest BCUT2D eigenvalue weighted by atomic mass is 9.63. The number of rotatable bonds is 2. The molecule has 2 rings (SSSR count). The molecule has 2 N–H and O–H groups in total. The highest BCUT2D eigenvalue weighted by Crippen LogP contribution is 2.57. The predicted octanol–water partition coefficient (Wildman–Crippen LogP) is 3.98. The first-order valence-electron chi connectivity index (χ1n) is 6.32. The molecule has 0 saturated heterocycles. The third kappa shape index (κ3) is 2.26. The highest BCUT2D eigenvalue weighted by atomic mass is 79.9. The predicted molar refractivity (Wildman–Crippen MR) is 93.5 cm³/mol. The average molecular weight is 469 g/mol. The number of aliphatic hydroxyl groups excluding tert-OH is 2. The molecule has 0 aromatic heterocycles. The lowest BCUT2D eigenvalue weighted by molar-refractivity contribution is 0.0635. The van der Waals surface area contributed by atoms with Crippen molar-refractivity contribution in [3.8, 4) is 0 Å². The van der Waals surface area contributed by atoms with E-state index in [9.17, 15) is 10.2 Å². The fourth-order valence-electron chi connectivity index (χ4n) is 2.69. The first-order valence-corrected chi connectivity index (χ1v) is 8.69. The van der Waals surface area contributed by atoms with Crippen LogP contribution in [0.5, 0.6) is 0 Å². The summed E-state index contributed by atoms with van der Waals surface area (Å²) in [4.78, 5) is 0. The van der Waals surface area contributed by atoms with Gasteiger partial charge in [0.05, 0.1) is 14.8 Å². The lowest BCUT2D eigenvalue weighted by Crippen LogP contribution is -2.61. The Labute approximate surface area is 144 Å². The number of aliphatic hydroxyl groups is 2. The van der Waals surface area contributed by atoms with Gasteiger partial charge in [-0.1, -0.05) is 98.1 Å². The molecule has 0 amide bonds. The second-order valence-corrected chi connectivity index (χ2v) is 9.20.